The number of carbonyl (C=O) groups excluding carboxylic acids is 2. The van der Waals surface area contributed by atoms with Gasteiger partial charge in [-0.1, -0.05) is 6.92 Å². The lowest BCUT2D eigenvalue weighted by molar-refractivity contribution is -0.153. The monoisotopic (exact) mass is 253 g/mol. The lowest BCUT2D eigenvalue weighted by Gasteiger charge is -2.46. The van der Waals surface area contributed by atoms with Gasteiger partial charge in [0.15, 0.2) is 0 Å². The third kappa shape index (κ3) is 2.36. The molecule has 2 aliphatic heterocycles. The van der Waals surface area contributed by atoms with Crippen molar-refractivity contribution < 1.29 is 9.59 Å². The number of piperidine rings is 1. The smallest absolute Gasteiger partial charge is 0.248 e. The molecule has 2 heterocycles. The molecule has 1 N–H and O–H groups in total. The zero-order chi connectivity index (χ0) is 13.5. The SMILES string of the molecule is CC1CN(C)CCC1N1CC(=O)NC(C)(C)C1=O. The van der Waals surface area contributed by atoms with Crippen LogP contribution in [0.3, 0.4) is 0 Å². The van der Waals surface area contributed by atoms with E-state index in [0.717, 1.165) is 19.5 Å². The van der Waals surface area contributed by atoms with E-state index in [1.165, 1.54) is 0 Å². The zero-order valence-electron chi connectivity index (χ0n) is 11.7. The van der Waals surface area contributed by atoms with E-state index in [0.29, 0.717) is 5.92 Å². The van der Waals surface area contributed by atoms with Crippen molar-refractivity contribution in [2.45, 2.75) is 38.8 Å². The number of nitrogens with one attached hydrogen (secondary N) is 1. The molecule has 5 nitrogen and oxygen atoms in total. The van der Waals surface area contributed by atoms with Crippen LogP contribution in [0.5, 0.6) is 0 Å². The van der Waals surface area contributed by atoms with Gasteiger partial charge in [-0.15, -0.1) is 0 Å². The number of nitrogens with zero attached hydrogens (tertiary/aromatic N) is 2. The summed E-state index contributed by atoms with van der Waals surface area (Å²) in [4.78, 5) is 28.2. The molecular weight excluding hydrogens is 230 g/mol. The molecule has 0 aliphatic carbocycles. The van der Waals surface area contributed by atoms with Crippen LogP contribution in [0.1, 0.15) is 27.2 Å². The van der Waals surface area contributed by atoms with E-state index >= 15 is 0 Å². The van der Waals surface area contributed by atoms with Gasteiger partial charge in [0.05, 0.1) is 6.54 Å². The number of hydrogen-bond donors (Lipinski definition) is 1. The van der Waals surface area contributed by atoms with Gasteiger partial charge < -0.3 is 15.1 Å². The van der Waals surface area contributed by atoms with E-state index in [9.17, 15) is 9.59 Å². The second-order valence-corrected chi connectivity index (χ2v) is 6.20. The van der Waals surface area contributed by atoms with Crippen LogP contribution in [0, 0.1) is 5.92 Å². The lowest BCUT2D eigenvalue weighted by atomic mass is 9.89. The Balaban J connectivity index is 2.16. The zero-order valence-corrected chi connectivity index (χ0v) is 11.7. The van der Waals surface area contributed by atoms with Crippen LogP contribution in [-0.2, 0) is 9.59 Å². The molecule has 0 aromatic heterocycles. The fourth-order valence-corrected chi connectivity index (χ4v) is 3.10. The summed E-state index contributed by atoms with van der Waals surface area (Å²) in [5, 5.41) is 2.76. The maximum Gasteiger partial charge on any atom is 0.248 e. The molecule has 0 radical (unpaired) electrons. The quantitative estimate of drug-likeness (QED) is 0.719. The molecule has 2 unspecified atom stereocenters. The second kappa shape index (κ2) is 4.53. The van der Waals surface area contributed by atoms with Crippen molar-refractivity contribution in [2.24, 2.45) is 5.92 Å². The highest BCUT2D eigenvalue weighted by molar-refractivity contribution is 5.97. The Hall–Kier alpha value is -1.10. The van der Waals surface area contributed by atoms with Crippen LogP contribution in [-0.4, -0.2) is 59.9 Å². The maximum atomic E-state index is 12.4. The first-order chi connectivity index (χ1) is 8.31. The number of carbonyl (C=O) groups is 2. The number of hydrogen-bond acceptors (Lipinski definition) is 3. The summed E-state index contributed by atoms with van der Waals surface area (Å²) in [6.45, 7) is 7.89. The fourth-order valence-electron chi connectivity index (χ4n) is 3.10. The Labute approximate surface area is 108 Å². The lowest BCUT2D eigenvalue weighted by Crippen LogP contribution is -2.67. The average Bonchev–Trinajstić information content (AvgIpc) is 2.23. The van der Waals surface area contributed by atoms with Crippen LogP contribution in [0.2, 0.25) is 0 Å². The molecule has 2 saturated heterocycles. The van der Waals surface area contributed by atoms with Gasteiger partial charge in [-0.2, -0.15) is 0 Å². The second-order valence-electron chi connectivity index (χ2n) is 6.20. The van der Waals surface area contributed by atoms with E-state index in [-0.39, 0.29) is 24.4 Å². The van der Waals surface area contributed by atoms with E-state index < -0.39 is 5.54 Å². The van der Waals surface area contributed by atoms with Crippen molar-refractivity contribution in [1.82, 2.24) is 15.1 Å². The van der Waals surface area contributed by atoms with Crippen LogP contribution in [0.15, 0.2) is 0 Å². The van der Waals surface area contributed by atoms with Crippen LogP contribution >= 0.6 is 0 Å². The number of likely N-dealkylation sites (tertiary alicyclic amines) is 1. The minimum Gasteiger partial charge on any atom is -0.341 e. The Kier molecular flexibility index (Phi) is 3.36. The van der Waals surface area contributed by atoms with Gasteiger partial charge in [-0.05, 0) is 39.8 Å². The van der Waals surface area contributed by atoms with Gasteiger partial charge in [0.1, 0.15) is 5.54 Å². The predicted molar refractivity (Wildman–Crippen MR) is 69.0 cm³/mol. The summed E-state index contributed by atoms with van der Waals surface area (Å²) in [5.74, 6) is 0.406. The molecule has 0 aromatic carbocycles. The third-order valence-corrected chi connectivity index (χ3v) is 4.02. The molecule has 2 atom stereocenters. The molecule has 2 amide bonds. The highest BCUT2D eigenvalue weighted by Gasteiger charge is 2.43. The van der Waals surface area contributed by atoms with Crippen LogP contribution < -0.4 is 5.32 Å². The Morgan fingerprint density at radius 3 is 2.61 bits per heavy atom. The summed E-state index contributed by atoms with van der Waals surface area (Å²) < 4.78 is 0. The van der Waals surface area contributed by atoms with Crippen molar-refractivity contribution in [3.05, 3.63) is 0 Å². The molecule has 5 heteroatoms. The van der Waals surface area contributed by atoms with Gasteiger partial charge >= 0.3 is 0 Å². The summed E-state index contributed by atoms with van der Waals surface area (Å²) in [5.41, 5.74) is -0.765. The summed E-state index contributed by atoms with van der Waals surface area (Å²) in [6.07, 6.45) is 0.951. The first kappa shape index (κ1) is 13.3. The molecule has 2 fully saturated rings. The van der Waals surface area contributed by atoms with Crippen molar-refractivity contribution >= 4 is 11.8 Å². The average molecular weight is 253 g/mol. The molecule has 102 valence electrons. The summed E-state index contributed by atoms with van der Waals surface area (Å²) in [7, 11) is 2.10. The maximum absolute atomic E-state index is 12.4. The molecule has 2 rings (SSSR count). The Bertz CT molecular complexity index is 367. The van der Waals surface area contributed by atoms with Gasteiger partial charge in [-0.3, -0.25) is 9.59 Å². The standard InChI is InChI=1S/C13H23N3O2/c1-9-7-15(4)6-5-10(9)16-8-11(17)14-13(2,3)12(16)18/h9-10H,5-8H2,1-4H3,(H,14,17). The van der Waals surface area contributed by atoms with E-state index in [2.05, 4.69) is 24.2 Å². The van der Waals surface area contributed by atoms with Crippen molar-refractivity contribution in [3.8, 4) is 0 Å². The third-order valence-electron chi connectivity index (χ3n) is 4.02. The molecule has 0 spiro atoms. The predicted octanol–water partition coefficient (Wildman–Crippen LogP) is 0.0636. The van der Waals surface area contributed by atoms with Crippen LogP contribution in [0.25, 0.3) is 0 Å². The van der Waals surface area contributed by atoms with Crippen molar-refractivity contribution in [1.29, 1.82) is 0 Å². The highest BCUT2D eigenvalue weighted by Crippen LogP contribution is 2.25. The van der Waals surface area contributed by atoms with E-state index in [4.69, 9.17) is 0 Å². The largest absolute Gasteiger partial charge is 0.341 e. The topological polar surface area (TPSA) is 52.6 Å². The highest BCUT2D eigenvalue weighted by atomic mass is 16.2. The van der Waals surface area contributed by atoms with E-state index in [1.54, 1.807) is 18.7 Å². The minimum absolute atomic E-state index is 0.0449. The fraction of sp³-hybridized carbons (Fsp3) is 0.846. The van der Waals surface area contributed by atoms with Gasteiger partial charge in [0.25, 0.3) is 0 Å². The molecule has 0 saturated carbocycles. The Morgan fingerprint density at radius 1 is 1.33 bits per heavy atom. The normalized spacial score (nSPS) is 33.4. The first-order valence-electron chi connectivity index (χ1n) is 6.62. The summed E-state index contributed by atoms with van der Waals surface area (Å²) >= 11 is 0. The number of piperazine rings is 1. The molecular formula is C13H23N3O2. The molecule has 2 aliphatic rings. The number of rotatable bonds is 1. The number of amides is 2. The molecule has 0 bridgehead atoms. The van der Waals surface area contributed by atoms with Gasteiger partial charge in [-0.25, -0.2) is 0 Å². The van der Waals surface area contributed by atoms with Crippen LogP contribution in [0.4, 0.5) is 0 Å². The summed E-state index contributed by atoms with van der Waals surface area (Å²) in [6, 6.07) is 0.194. The van der Waals surface area contributed by atoms with Crippen molar-refractivity contribution in [3.63, 3.8) is 0 Å². The first-order valence-corrected chi connectivity index (χ1v) is 6.62. The molecule has 0 aromatic rings. The van der Waals surface area contributed by atoms with Crippen molar-refractivity contribution in [2.75, 3.05) is 26.7 Å². The molecule has 18 heavy (non-hydrogen) atoms. The Morgan fingerprint density at radius 2 is 2.00 bits per heavy atom. The minimum atomic E-state index is -0.765. The van der Waals surface area contributed by atoms with Gasteiger partial charge in [0.2, 0.25) is 11.8 Å². The van der Waals surface area contributed by atoms with E-state index in [1.807, 2.05) is 0 Å². The van der Waals surface area contributed by atoms with Gasteiger partial charge in [0, 0.05) is 12.6 Å².